The third kappa shape index (κ3) is 2.25. The number of hydrogen-bond acceptors (Lipinski definition) is 3. The molecule has 102 valence electrons. The zero-order chi connectivity index (χ0) is 14.1. The molecule has 0 spiro atoms. The van der Waals surface area contributed by atoms with Gasteiger partial charge in [0.15, 0.2) is 5.78 Å². The number of halogens is 1. The van der Waals surface area contributed by atoms with Crippen molar-refractivity contribution in [1.82, 2.24) is 0 Å². The van der Waals surface area contributed by atoms with E-state index in [1.165, 1.54) is 0 Å². The minimum atomic E-state index is -0.151. The first-order chi connectivity index (χ1) is 9.66. The molecule has 0 aliphatic carbocycles. The summed E-state index contributed by atoms with van der Waals surface area (Å²) >= 11 is 6.09. The zero-order valence-electron chi connectivity index (χ0n) is 10.9. The topological polar surface area (TPSA) is 52.3 Å². The summed E-state index contributed by atoms with van der Waals surface area (Å²) in [4.78, 5) is 12.6. The predicted octanol–water partition coefficient (Wildman–Crippen LogP) is 3.48. The SMILES string of the molecule is Nc1cccc(Cl)c1C(=O)c1ccc2c(c1)CCCO2. The number of ether oxygens (including phenoxy) is 1. The summed E-state index contributed by atoms with van der Waals surface area (Å²) in [5.41, 5.74) is 8.29. The van der Waals surface area contributed by atoms with Crippen molar-refractivity contribution in [3.8, 4) is 5.75 Å². The normalized spacial score (nSPS) is 13.4. The molecule has 0 saturated carbocycles. The van der Waals surface area contributed by atoms with Gasteiger partial charge < -0.3 is 10.5 Å². The molecule has 1 heterocycles. The van der Waals surface area contributed by atoms with Gasteiger partial charge in [-0.3, -0.25) is 4.79 Å². The van der Waals surface area contributed by atoms with Crippen LogP contribution in [-0.2, 0) is 6.42 Å². The monoisotopic (exact) mass is 287 g/mol. The van der Waals surface area contributed by atoms with Gasteiger partial charge in [0, 0.05) is 11.3 Å². The number of nitrogen functional groups attached to an aromatic ring is 1. The van der Waals surface area contributed by atoms with E-state index in [0.29, 0.717) is 21.8 Å². The van der Waals surface area contributed by atoms with E-state index in [-0.39, 0.29) is 5.78 Å². The second kappa shape index (κ2) is 5.17. The molecule has 2 aromatic rings. The minimum absolute atomic E-state index is 0.151. The maximum Gasteiger partial charge on any atom is 0.196 e. The third-order valence-electron chi connectivity index (χ3n) is 3.44. The number of hydrogen-bond donors (Lipinski definition) is 1. The van der Waals surface area contributed by atoms with Crippen molar-refractivity contribution < 1.29 is 9.53 Å². The lowest BCUT2D eigenvalue weighted by Crippen LogP contribution is -2.11. The first-order valence-corrected chi connectivity index (χ1v) is 6.89. The molecule has 1 aliphatic heterocycles. The van der Waals surface area contributed by atoms with Gasteiger partial charge in [0.25, 0.3) is 0 Å². The van der Waals surface area contributed by atoms with Crippen LogP contribution >= 0.6 is 11.6 Å². The van der Waals surface area contributed by atoms with Crippen LogP contribution in [-0.4, -0.2) is 12.4 Å². The van der Waals surface area contributed by atoms with Crippen molar-refractivity contribution in [2.75, 3.05) is 12.3 Å². The summed E-state index contributed by atoms with van der Waals surface area (Å²) in [6, 6.07) is 10.6. The number of benzene rings is 2. The molecule has 2 aromatic carbocycles. The number of aryl methyl sites for hydroxylation is 1. The molecule has 0 aromatic heterocycles. The second-order valence-electron chi connectivity index (χ2n) is 4.81. The fraction of sp³-hybridized carbons (Fsp3) is 0.188. The molecule has 3 nitrogen and oxygen atoms in total. The smallest absolute Gasteiger partial charge is 0.196 e. The highest BCUT2D eigenvalue weighted by molar-refractivity contribution is 6.35. The molecule has 2 N–H and O–H groups in total. The van der Waals surface area contributed by atoms with E-state index in [2.05, 4.69) is 0 Å². The van der Waals surface area contributed by atoms with Crippen LogP contribution in [0.15, 0.2) is 36.4 Å². The average Bonchev–Trinajstić information content (AvgIpc) is 2.46. The van der Waals surface area contributed by atoms with Crippen LogP contribution in [0.1, 0.15) is 27.9 Å². The summed E-state index contributed by atoms with van der Waals surface area (Å²) in [7, 11) is 0. The van der Waals surface area contributed by atoms with Crippen LogP contribution in [0.25, 0.3) is 0 Å². The van der Waals surface area contributed by atoms with Crippen molar-refractivity contribution in [3.63, 3.8) is 0 Å². The van der Waals surface area contributed by atoms with Gasteiger partial charge >= 0.3 is 0 Å². The van der Waals surface area contributed by atoms with E-state index < -0.39 is 0 Å². The lowest BCUT2D eigenvalue weighted by Gasteiger charge is -2.17. The van der Waals surface area contributed by atoms with E-state index in [1.54, 1.807) is 24.3 Å². The molecule has 3 rings (SSSR count). The summed E-state index contributed by atoms with van der Waals surface area (Å²) in [6.07, 6.45) is 1.90. The van der Waals surface area contributed by atoms with Gasteiger partial charge in [-0.15, -0.1) is 0 Å². The molecular weight excluding hydrogens is 274 g/mol. The molecule has 0 saturated heterocycles. The Kier molecular flexibility index (Phi) is 3.36. The van der Waals surface area contributed by atoms with Gasteiger partial charge in [-0.2, -0.15) is 0 Å². The highest BCUT2D eigenvalue weighted by Gasteiger charge is 2.18. The Labute approximate surface area is 122 Å². The van der Waals surface area contributed by atoms with Gasteiger partial charge in [-0.1, -0.05) is 17.7 Å². The van der Waals surface area contributed by atoms with Crippen LogP contribution in [0.5, 0.6) is 5.75 Å². The fourth-order valence-electron chi connectivity index (χ4n) is 2.43. The maximum atomic E-state index is 12.6. The molecule has 0 atom stereocenters. The fourth-order valence-corrected chi connectivity index (χ4v) is 2.69. The van der Waals surface area contributed by atoms with Crippen molar-refractivity contribution in [2.45, 2.75) is 12.8 Å². The van der Waals surface area contributed by atoms with Crippen LogP contribution < -0.4 is 10.5 Å². The summed E-state index contributed by atoms with van der Waals surface area (Å²) in [5, 5.41) is 0.379. The van der Waals surface area contributed by atoms with Gasteiger partial charge in [0.2, 0.25) is 0 Å². The molecule has 0 unspecified atom stereocenters. The Hall–Kier alpha value is -2.00. The van der Waals surface area contributed by atoms with Crippen LogP contribution in [0.3, 0.4) is 0 Å². The molecule has 4 heteroatoms. The van der Waals surface area contributed by atoms with E-state index in [9.17, 15) is 4.79 Å². The van der Waals surface area contributed by atoms with Crippen LogP contribution in [0.4, 0.5) is 5.69 Å². The molecule has 0 fully saturated rings. The molecule has 0 radical (unpaired) electrons. The number of fused-ring (bicyclic) bond motifs is 1. The third-order valence-corrected chi connectivity index (χ3v) is 3.76. The molecular formula is C16H14ClNO2. The number of ketones is 1. The molecule has 0 amide bonds. The van der Waals surface area contributed by atoms with Gasteiger partial charge in [0.05, 0.1) is 17.2 Å². The summed E-state index contributed by atoms with van der Waals surface area (Å²) in [5.74, 6) is 0.710. The zero-order valence-corrected chi connectivity index (χ0v) is 11.6. The van der Waals surface area contributed by atoms with Crippen molar-refractivity contribution in [2.24, 2.45) is 0 Å². The summed E-state index contributed by atoms with van der Waals surface area (Å²) < 4.78 is 5.55. The van der Waals surface area contributed by atoms with Gasteiger partial charge in [-0.25, -0.2) is 0 Å². The number of rotatable bonds is 2. The number of carbonyl (C=O) groups is 1. The summed E-state index contributed by atoms with van der Waals surface area (Å²) in [6.45, 7) is 0.734. The number of anilines is 1. The van der Waals surface area contributed by atoms with E-state index >= 15 is 0 Å². The predicted molar refractivity (Wildman–Crippen MR) is 79.6 cm³/mol. The second-order valence-corrected chi connectivity index (χ2v) is 5.21. The van der Waals surface area contributed by atoms with Gasteiger partial charge in [0.1, 0.15) is 5.75 Å². The Morgan fingerprint density at radius 1 is 1.25 bits per heavy atom. The lowest BCUT2D eigenvalue weighted by atomic mass is 9.97. The molecule has 1 aliphatic rings. The Balaban J connectivity index is 2.03. The van der Waals surface area contributed by atoms with E-state index in [0.717, 1.165) is 30.8 Å². The number of carbonyl (C=O) groups excluding carboxylic acids is 1. The van der Waals surface area contributed by atoms with Crippen molar-refractivity contribution in [1.29, 1.82) is 0 Å². The van der Waals surface area contributed by atoms with Gasteiger partial charge in [-0.05, 0) is 48.7 Å². The standard InChI is InChI=1S/C16H14ClNO2/c17-12-4-1-5-13(18)15(12)16(19)11-6-7-14-10(9-11)3-2-8-20-14/h1,4-7,9H,2-3,8,18H2. The van der Waals surface area contributed by atoms with Crippen molar-refractivity contribution >= 4 is 23.1 Å². The average molecular weight is 288 g/mol. The molecule has 0 bridgehead atoms. The first-order valence-electron chi connectivity index (χ1n) is 6.51. The highest BCUT2D eigenvalue weighted by Crippen LogP contribution is 2.29. The van der Waals surface area contributed by atoms with Crippen LogP contribution in [0.2, 0.25) is 5.02 Å². The Morgan fingerprint density at radius 2 is 2.10 bits per heavy atom. The van der Waals surface area contributed by atoms with Crippen LogP contribution in [0, 0.1) is 0 Å². The Bertz CT molecular complexity index is 662. The first kappa shape index (κ1) is 13.0. The van der Waals surface area contributed by atoms with Crippen molar-refractivity contribution in [3.05, 3.63) is 58.1 Å². The van der Waals surface area contributed by atoms with E-state index in [4.69, 9.17) is 22.1 Å². The lowest BCUT2D eigenvalue weighted by molar-refractivity contribution is 0.103. The highest BCUT2D eigenvalue weighted by atomic mass is 35.5. The molecule has 20 heavy (non-hydrogen) atoms. The van der Waals surface area contributed by atoms with E-state index in [1.807, 2.05) is 12.1 Å². The quantitative estimate of drug-likeness (QED) is 0.679. The minimum Gasteiger partial charge on any atom is -0.493 e. The number of nitrogens with two attached hydrogens (primary N) is 1. The largest absolute Gasteiger partial charge is 0.493 e. The Morgan fingerprint density at radius 3 is 2.90 bits per heavy atom. The maximum absolute atomic E-state index is 12.6.